The minimum absolute atomic E-state index is 0.0329. The van der Waals surface area contributed by atoms with E-state index in [1.165, 1.54) is 0 Å². The highest BCUT2D eigenvalue weighted by atomic mass is 35.5. The van der Waals surface area contributed by atoms with Crippen molar-refractivity contribution in [2.75, 3.05) is 18.5 Å². The summed E-state index contributed by atoms with van der Waals surface area (Å²) in [5.74, 6) is 1.58. The normalized spacial score (nSPS) is 15.5. The van der Waals surface area contributed by atoms with E-state index in [1.54, 1.807) is 22.8 Å². The molecule has 160 valence electrons. The van der Waals surface area contributed by atoms with Gasteiger partial charge in [0.05, 0.1) is 34.8 Å². The minimum atomic E-state index is -0.207. The number of hydrogen-bond acceptors (Lipinski definition) is 5. The lowest BCUT2D eigenvalue weighted by Gasteiger charge is -2.14. The summed E-state index contributed by atoms with van der Waals surface area (Å²) in [4.78, 5) is 30.3. The van der Waals surface area contributed by atoms with Crippen LogP contribution in [0.5, 0.6) is 11.5 Å². The second-order valence-electron chi connectivity index (χ2n) is 7.83. The maximum atomic E-state index is 13.0. The summed E-state index contributed by atoms with van der Waals surface area (Å²) >= 11 is 6.33. The van der Waals surface area contributed by atoms with Gasteiger partial charge in [0.25, 0.3) is 5.56 Å². The van der Waals surface area contributed by atoms with Gasteiger partial charge in [-0.15, -0.1) is 0 Å². The number of benzene rings is 2. The number of hydrogen-bond donors (Lipinski definition) is 1. The molecule has 1 N–H and O–H groups in total. The van der Waals surface area contributed by atoms with Gasteiger partial charge in [-0.2, -0.15) is 0 Å². The minimum Gasteiger partial charge on any atom is -0.490 e. The fourth-order valence-electron chi connectivity index (χ4n) is 3.80. The molecule has 0 unspecified atom stereocenters. The van der Waals surface area contributed by atoms with E-state index >= 15 is 0 Å². The first kappa shape index (κ1) is 19.9. The van der Waals surface area contributed by atoms with Crippen LogP contribution in [0, 0.1) is 0 Å². The largest absolute Gasteiger partial charge is 0.490 e. The highest BCUT2D eigenvalue weighted by molar-refractivity contribution is 6.34. The lowest BCUT2D eigenvalue weighted by atomic mass is 10.2. The van der Waals surface area contributed by atoms with Gasteiger partial charge in [-0.3, -0.25) is 14.2 Å². The van der Waals surface area contributed by atoms with Crippen LogP contribution in [0.2, 0.25) is 5.02 Å². The average Bonchev–Trinajstić information content (AvgIpc) is 3.61. The zero-order valence-corrected chi connectivity index (χ0v) is 17.7. The predicted molar refractivity (Wildman–Crippen MR) is 118 cm³/mol. The van der Waals surface area contributed by atoms with Crippen molar-refractivity contribution in [1.82, 2.24) is 9.55 Å². The summed E-state index contributed by atoms with van der Waals surface area (Å²) in [6.07, 6.45) is 3.26. The third-order valence-corrected chi connectivity index (χ3v) is 5.79. The number of para-hydroxylation sites is 1. The second-order valence-corrected chi connectivity index (χ2v) is 8.24. The fraction of sp³-hybridized carbons (Fsp3) is 0.348. The van der Waals surface area contributed by atoms with Gasteiger partial charge in [0.1, 0.15) is 5.82 Å². The summed E-state index contributed by atoms with van der Waals surface area (Å²) in [7, 11) is 0. The van der Waals surface area contributed by atoms with Crippen LogP contribution < -0.4 is 20.3 Å². The molecular weight excluding hydrogens is 418 g/mol. The topological polar surface area (TPSA) is 82.5 Å². The number of nitrogens with one attached hydrogen (secondary N) is 1. The first-order chi connectivity index (χ1) is 15.1. The van der Waals surface area contributed by atoms with Crippen molar-refractivity contribution in [3.8, 4) is 11.5 Å². The number of carbonyl (C=O) groups excluding carboxylic acids is 1. The maximum Gasteiger partial charge on any atom is 0.261 e. The Bertz CT molecular complexity index is 1220. The smallest absolute Gasteiger partial charge is 0.261 e. The number of aromatic nitrogens is 2. The number of aryl methyl sites for hydroxylation is 1. The maximum absolute atomic E-state index is 13.0. The molecule has 1 saturated carbocycles. The summed E-state index contributed by atoms with van der Waals surface area (Å²) in [5, 5.41) is 3.84. The Morgan fingerprint density at radius 2 is 1.90 bits per heavy atom. The Labute approximate surface area is 183 Å². The van der Waals surface area contributed by atoms with Gasteiger partial charge in [0, 0.05) is 37.4 Å². The van der Waals surface area contributed by atoms with Crippen molar-refractivity contribution >= 4 is 34.1 Å². The number of halogens is 1. The van der Waals surface area contributed by atoms with Gasteiger partial charge in [-0.1, -0.05) is 23.7 Å². The monoisotopic (exact) mass is 439 g/mol. The Balaban J connectivity index is 1.34. The van der Waals surface area contributed by atoms with E-state index in [-0.39, 0.29) is 23.9 Å². The van der Waals surface area contributed by atoms with E-state index in [1.807, 2.05) is 18.2 Å². The Kier molecular flexibility index (Phi) is 5.28. The summed E-state index contributed by atoms with van der Waals surface area (Å²) in [6, 6.07) is 10.9. The molecule has 0 saturated heterocycles. The SMILES string of the molecule is O=C(CCc1nc2ccccc2c(=O)n1C1CC1)Nc1cc2c(cc1Cl)OCCCO2. The van der Waals surface area contributed by atoms with Crippen molar-refractivity contribution < 1.29 is 14.3 Å². The second kappa shape index (κ2) is 8.23. The Morgan fingerprint density at radius 1 is 1.16 bits per heavy atom. The molecule has 0 atom stereocenters. The standard InChI is InChI=1S/C23H22ClN3O4/c24-16-12-19-20(31-11-3-10-30-19)13-18(16)26-22(28)9-8-21-25-17-5-2-1-4-15(17)23(29)27(21)14-6-7-14/h1-2,4-5,12-14H,3,6-11H2,(H,26,28). The zero-order chi connectivity index (χ0) is 21.4. The van der Waals surface area contributed by atoms with Crippen LogP contribution in [0.3, 0.4) is 0 Å². The number of carbonyl (C=O) groups is 1. The third-order valence-electron chi connectivity index (χ3n) is 5.48. The number of ether oxygens (including phenoxy) is 2. The van der Waals surface area contributed by atoms with Crippen molar-refractivity contribution in [3.63, 3.8) is 0 Å². The van der Waals surface area contributed by atoms with Crippen molar-refractivity contribution in [3.05, 3.63) is 57.6 Å². The molecule has 7 nitrogen and oxygen atoms in total. The molecule has 1 fully saturated rings. The van der Waals surface area contributed by atoms with Gasteiger partial charge < -0.3 is 14.8 Å². The van der Waals surface area contributed by atoms with Crippen LogP contribution in [0.4, 0.5) is 5.69 Å². The van der Waals surface area contributed by atoms with Crippen LogP contribution in [0.1, 0.15) is 37.5 Å². The van der Waals surface area contributed by atoms with Gasteiger partial charge in [0.2, 0.25) is 5.91 Å². The van der Waals surface area contributed by atoms with Gasteiger partial charge >= 0.3 is 0 Å². The third kappa shape index (κ3) is 4.10. The highest BCUT2D eigenvalue weighted by Crippen LogP contribution is 2.38. The van der Waals surface area contributed by atoms with E-state index < -0.39 is 0 Å². The summed E-state index contributed by atoms with van der Waals surface area (Å²) < 4.78 is 13.1. The number of rotatable bonds is 5. The first-order valence-electron chi connectivity index (χ1n) is 10.5. The molecule has 2 heterocycles. The Hall–Kier alpha value is -3.06. The van der Waals surface area contributed by atoms with E-state index in [0.29, 0.717) is 58.6 Å². The number of anilines is 1. The van der Waals surface area contributed by atoms with Gasteiger partial charge in [0.15, 0.2) is 11.5 Å². The van der Waals surface area contributed by atoms with Crippen molar-refractivity contribution in [1.29, 1.82) is 0 Å². The molecule has 0 radical (unpaired) electrons. The molecule has 1 aliphatic heterocycles. The molecular formula is C23H22ClN3O4. The molecule has 5 rings (SSSR count). The number of amides is 1. The summed E-state index contributed by atoms with van der Waals surface area (Å²) in [6.45, 7) is 1.12. The van der Waals surface area contributed by atoms with Gasteiger partial charge in [-0.25, -0.2) is 4.98 Å². The van der Waals surface area contributed by atoms with Crippen LogP contribution in [-0.4, -0.2) is 28.7 Å². The number of nitrogens with zero attached hydrogens (tertiary/aromatic N) is 2. The van der Waals surface area contributed by atoms with E-state index in [4.69, 9.17) is 21.1 Å². The lowest BCUT2D eigenvalue weighted by Crippen LogP contribution is -2.25. The lowest BCUT2D eigenvalue weighted by molar-refractivity contribution is -0.116. The highest BCUT2D eigenvalue weighted by Gasteiger charge is 2.28. The molecule has 0 spiro atoms. The quantitative estimate of drug-likeness (QED) is 0.646. The first-order valence-corrected chi connectivity index (χ1v) is 10.9. The van der Waals surface area contributed by atoms with Gasteiger partial charge in [-0.05, 0) is 25.0 Å². The molecule has 1 amide bonds. The van der Waals surface area contributed by atoms with Crippen molar-refractivity contribution in [2.45, 2.75) is 38.1 Å². The molecule has 1 aliphatic carbocycles. The number of fused-ring (bicyclic) bond motifs is 2. The molecule has 2 aromatic carbocycles. The van der Waals surface area contributed by atoms with E-state index in [2.05, 4.69) is 10.3 Å². The van der Waals surface area contributed by atoms with Crippen LogP contribution in [0.15, 0.2) is 41.2 Å². The molecule has 8 heteroatoms. The summed E-state index contributed by atoms with van der Waals surface area (Å²) in [5.41, 5.74) is 1.10. The molecule has 2 aliphatic rings. The van der Waals surface area contributed by atoms with Crippen LogP contribution >= 0.6 is 11.6 Å². The Morgan fingerprint density at radius 3 is 2.68 bits per heavy atom. The fourth-order valence-corrected chi connectivity index (χ4v) is 4.00. The predicted octanol–water partition coefficient (Wildman–Crippen LogP) is 4.12. The average molecular weight is 440 g/mol. The molecule has 3 aromatic rings. The molecule has 0 bridgehead atoms. The molecule has 1 aromatic heterocycles. The van der Waals surface area contributed by atoms with E-state index in [0.717, 1.165) is 19.3 Å². The van der Waals surface area contributed by atoms with Crippen LogP contribution in [-0.2, 0) is 11.2 Å². The molecule has 31 heavy (non-hydrogen) atoms. The van der Waals surface area contributed by atoms with Crippen molar-refractivity contribution in [2.24, 2.45) is 0 Å². The van der Waals surface area contributed by atoms with E-state index in [9.17, 15) is 9.59 Å². The van der Waals surface area contributed by atoms with Crippen LogP contribution in [0.25, 0.3) is 10.9 Å². The zero-order valence-electron chi connectivity index (χ0n) is 16.9.